The van der Waals surface area contributed by atoms with Gasteiger partial charge in [-0.05, 0) is 36.4 Å². The predicted molar refractivity (Wildman–Crippen MR) is 79.7 cm³/mol. The molecule has 0 saturated heterocycles. The van der Waals surface area contributed by atoms with Crippen LogP contribution >= 0.6 is 23.8 Å². The van der Waals surface area contributed by atoms with E-state index in [1.54, 1.807) is 0 Å². The normalized spacial score (nSPS) is 14.1. The molecule has 2 aromatic carbocycles. The largest absolute Gasteiger partial charge is 0.358 e. The number of hydrogen-bond acceptors (Lipinski definition) is 2. The highest BCUT2D eigenvalue weighted by Crippen LogP contribution is 2.31. The number of benzene rings is 2. The first-order valence-electron chi connectivity index (χ1n) is 5.66. The van der Waals surface area contributed by atoms with Crippen LogP contribution in [0.1, 0.15) is 5.56 Å². The Balaban J connectivity index is 2.07. The van der Waals surface area contributed by atoms with E-state index < -0.39 is 0 Å². The fourth-order valence-corrected chi connectivity index (χ4v) is 2.45. The van der Waals surface area contributed by atoms with Gasteiger partial charge in [0.25, 0.3) is 0 Å². The van der Waals surface area contributed by atoms with Crippen LogP contribution in [0.3, 0.4) is 0 Å². The molecule has 0 amide bonds. The minimum atomic E-state index is 0.678. The third-order valence-corrected chi connectivity index (χ3v) is 3.59. The number of thiocarbonyl (C=S) groups is 1. The molecule has 1 aliphatic rings. The van der Waals surface area contributed by atoms with Crippen molar-refractivity contribution in [1.82, 2.24) is 5.32 Å². The van der Waals surface area contributed by atoms with Crippen molar-refractivity contribution >= 4 is 40.2 Å². The molecule has 18 heavy (non-hydrogen) atoms. The van der Waals surface area contributed by atoms with Gasteiger partial charge in [-0.1, -0.05) is 36.0 Å². The summed E-state index contributed by atoms with van der Waals surface area (Å²) in [7, 11) is 0. The lowest BCUT2D eigenvalue weighted by molar-refractivity contribution is 0.867. The van der Waals surface area contributed by atoms with Crippen LogP contribution in [0, 0.1) is 0 Å². The van der Waals surface area contributed by atoms with Crippen molar-refractivity contribution < 1.29 is 0 Å². The van der Waals surface area contributed by atoms with Crippen LogP contribution in [-0.2, 0) is 0 Å². The van der Waals surface area contributed by atoms with Crippen molar-refractivity contribution in [2.45, 2.75) is 0 Å². The Hall–Kier alpha value is -1.58. The highest BCUT2D eigenvalue weighted by Gasteiger charge is 2.20. The number of anilines is 2. The van der Waals surface area contributed by atoms with E-state index in [0.29, 0.717) is 6.67 Å². The summed E-state index contributed by atoms with van der Waals surface area (Å²) in [5.41, 5.74) is 3.29. The maximum atomic E-state index is 5.92. The molecule has 1 aliphatic heterocycles. The van der Waals surface area contributed by atoms with Crippen LogP contribution < -0.4 is 10.2 Å². The number of hydrogen-bond donors (Lipinski definition) is 1. The van der Waals surface area contributed by atoms with Crippen molar-refractivity contribution in [3.63, 3.8) is 0 Å². The minimum Gasteiger partial charge on any atom is -0.358 e. The van der Waals surface area contributed by atoms with Crippen molar-refractivity contribution in [2.24, 2.45) is 0 Å². The van der Waals surface area contributed by atoms with Crippen LogP contribution in [0.4, 0.5) is 11.4 Å². The molecule has 1 N–H and O–H groups in total. The predicted octanol–water partition coefficient (Wildman–Crippen LogP) is 3.71. The van der Waals surface area contributed by atoms with E-state index in [2.05, 4.69) is 16.3 Å². The summed E-state index contributed by atoms with van der Waals surface area (Å²) in [6.07, 6.45) is 0. The molecular formula is C14H11ClN2S. The van der Waals surface area contributed by atoms with Gasteiger partial charge in [0.15, 0.2) is 0 Å². The zero-order valence-corrected chi connectivity index (χ0v) is 11.1. The van der Waals surface area contributed by atoms with Gasteiger partial charge in [-0.2, -0.15) is 0 Å². The van der Waals surface area contributed by atoms with Gasteiger partial charge in [-0.3, -0.25) is 0 Å². The summed E-state index contributed by atoms with van der Waals surface area (Å²) in [6, 6.07) is 15.9. The van der Waals surface area contributed by atoms with E-state index >= 15 is 0 Å². The van der Waals surface area contributed by atoms with Gasteiger partial charge in [0.2, 0.25) is 0 Å². The summed E-state index contributed by atoms with van der Waals surface area (Å²) < 4.78 is 0. The van der Waals surface area contributed by atoms with Crippen molar-refractivity contribution in [3.05, 3.63) is 59.1 Å². The van der Waals surface area contributed by atoms with Gasteiger partial charge in [-0.25, -0.2) is 0 Å². The van der Waals surface area contributed by atoms with E-state index in [9.17, 15) is 0 Å². The van der Waals surface area contributed by atoms with Gasteiger partial charge in [0.05, 0.1) is 12.4 Å². The van der Waals surface area contributed by atoms with Gasteiger partial charge >= 0.3 is 0 Å². The number of rotatable bonds is 1. The first kappa shape index (κ1) is 11.5. The summed E-state index contributed by atoms with van der Waals surface area (Å²) >= 11 is 11.2. The average molecular weight is 275 g/mol. The first-order valence-corrected chi connectivity index (χ1v) is 6.45. The molecular weight excluding hydrogens is 264 g/mol. The topological polar surface area (TPSA) is 15.3 Å². The van der Waals surface area contributed by atoms with Crippen molar-refractivity contribution in [3.8, 4) is 0 Å². The smallest absolute Gasteiger partial charge is 0.110 e. The molecule has 0 saturated carbocycles. The molecule has 0 aromatic heterocycles. The Morgan fingerprint density at radius 2 is 1.78 bits per heavy atom. The average Bonchev–Trinajstić information content (AvgIpc) is 2.41. The number of nitrogens with one attached hydrogen (secondary N) is 1. The van der Waals surface area contributed by atoms with Crippen LogP contribution in [0.5, 0.6) is 0 Å². The monoisotopic (exact) mass is 274 g/mol. The van der Waals surface area contributed by atoms with Crippen molar-refractivity contribution in [1.29, 1.82) is 0 Å². The van der Waals surface area contributed by atoms with Gasteiger partial charge < -0.3 is 10.2 Å². The third kappa shape index (κ3) is 1.96. The molecule has 0 atom stereocenters. The molecule has 0 radical (unpaired) electrons. The third-order valence-electron chi connectivity index (χ3n) is 2.98. The number of para-hydroxylation sites is 1. The summed E-state index contributed by atoms with van der Waals surface area (Å²) in [6.45, 7) is 0.678. The Morgan fingerprint density at radius 3 is 2.56 bits per heavy atom. The first-order chi connectivity index (χ1) is 8.75. The second-order valence-electron chi connectivity index (χ2n) is 4.09. The fourth-order valence-electron chi connectivity index (χ4n) is 2.08. The second-order valence-corrected chi connectivity index (χ2v) is 4.93. The van der Waals surface area contributed by atoms with Crippen molar-refractivity contribution in [2.75, 3.05) is 11.6 Å². The fraction of sp³-hybridized carbons (Fsp3) is 0.0714. The SMILES string of the molecule is S=C1NCN(c2ccc(Cl)cc2)c2ccccc21. The maximum Gasteiger partial charge on any atom is 0.110 e. The minimum absolute atomic E-state index is 0.678. The zero-order chi connectivity index (χ0) is 12.5. The lowest BCUT2D eigenvalue weighted by Crippen LogP contribution is -2.40. The molecule has 4 heteroatoms. The van der Waals surface area contributed by atoms with Gasteiger partial charge in [0, 0.05) is 16.3 Å². The highest BCUT2D eigenvalue weighted by atomic mass is 35.5. The Bertz CT molecular complexity index is 595. The van der Waals surface area contributed by atoms with Gasteiger partial charge in [-0.15, -0.1) is 0 Å². The Morgan fingerprint density at radius 1 is 1.06 bits per heavy atom. The zero-order valence-electron chi connectivity index (χ0n) is 9.56. The molecule has 2 nitrogen and oxygen atoms in total. The lowest BCUT2D eigenvalue weighted by atomic mass is 10.1. The molecule has 0 unspecified atom stereocenters. The van der Waals surface area contributed by atoms with Gasteiger partial charge in [0.1, 0.15) is 4.99 Å². The van der Waals surface area contributed by atoms with Crippen LogP contribution in [-0.4, -0.2) is 11.7 Å². The number of nitrogens with zero attached hydrogens (tertiary/aromatic N) is 1. The standard InChI is InChI=1S/C14H11ClN2S/c15-10-5-7-11(8-6-10)17-9-16-14(18)12-3-1-2-4-13(12)17/h1-8H,9H2,(H,16,18). The number of fused-ring (bicyclic) bond motifs is 1. The molecule has 0 aliphatic carbocycles. The Kier molecular flexibility index (Phi) is 2.94. The maximum absolute atomic E-state index is 5.92. The second kappa shape index (κ2) is 4.59. The summed E-state index contributed by atoms with van der Waals surface area (Å²) in [5.74, 6) is 0. The van der Waals surface area contributed by atoms with E-state index in [1.807, 2.05) is 42.5 Å². The van der Waals surface area contributed by atoms with Crippen LogP contribution in [0.15, 0.2) is 48.5 Å². The number of halogens is 1. The summed E-state index contributed by atoms with van der Waals surface area (Å²) in [5, 5.41) is 3.97. The molecule has 0 fully saturated rings. The molecule has 0 spiro atoms. The molecule has 2 aromatic rings. The summed E-state index contributed by atoms with van der Waals surface area (Å²) in [4.78, 5) is 2.98. The molecule has 3 rings (SSSR count). The van der Waals surface area contributed by atoms with Crippen LogP contribution in [0.2, 0.25) is 5.02 Å². The lowest BCUT2D eigenvalue weighted by Gasteiger charge is -2.32. The molecule has 90 valence electrons. The van der Waals surface area contributed by atoms with E-state index in [1.165, 1.54) is 0 Å². The molecule has 1 heterocycles. The van der Waals surface area contributed by atoms with E-state index in [4.69, 9.17) is 23.8 Å². The van der Waals surface area contributed by atoms with E-state index in [-0.39, 0.29) is 0 Å². The quantitative estimate of drug-likeness (QED) is 0.798. The van der Waals surface area contributed by atoms with Crippen LogP contribution in [0.25, 0.3) is 0 Å². The van der Waals surface area contributed by atoms with E-state index in [0.717, 1.165) is 26.9 Å². The Labute approximate surface area is 116 Å². The molecule has 0 bridgehead atoms. The highest BCUT2D eigenvalue weighted by molar-refractivity contribution is 7.80.